The zero-order valence-corrected chi connectivity index (χ0v) is 16.5. The average Bonchev–Trinajstić information content (AvgIpc) is 2.93. The van der Waals surface area contributed by atoms with Crippen LogP contribution in [0.4, 0.5) is 11.6 Å². The molecule has 1 aliphatic rings. The number of carbonyl (C=O) groups excluding carboxylic acids is 1. The molecule has 0 aliphatic carbocycles. The van der Waals surface area contributed by atoms with Gasteiger partial charge in [0.05, 0.1) is 11.5 Å². The third-order valence-electron chi connectivity index (χ3n) is 4.48. The van der Waals surface area contributed by atoms with Crippen molar-refractivity contribution < 1.29 is 13.2 Å². The van der Waals surface area contributed by atoms with E-state index in [1.807, 2.05) is 24.3 Å². The van der Waals surface area contributed by atoms with Crippen molar-refractivity contribution in [3.05, 3.63) is 47.3 Å². The Morgan fingerprint density at radius 3 is 2.63 bits per heavy atom. The van der Waals surface area contributed by atoms with Crippen LogP contribution in [0.2, 0.25) is 0 Å². The van der Waals surface area contributed by atoms with Crippen LogP contribution < -0.4 is 10.6 Å². The zero-order chi connectivity index (χ0) is 19.6. The van der Waals surface area contributed by atoms with Crippen LogP contribution in [0, 0.1) is 6.92 Å². The summed E-state index contributed by atoms with van der Waals surface area (Å²) in [6.45, 7) is 5.91. The lowest BCUT2D eigenvalue weighted by Crippen LogP contribution is -2.23. The standard InChI is InChI=1S/C19H24N4O3S/c1-12(2)15-6-4-5-7-16(15)22-18(24)17-10-13(3)20-19(23-17)21-14-8-9-27(25,26)11-14/h4-7,10,12,14H,8-9,11H2,1-3H3,(H,22,24)(H,20,21,23). The van der Waals surface area contributed by atoms with E-state index in [9.17, 15) is 13.2 Å². The van der Waals surface area contributed by atoms with Gasteiger partial charge in [0.25, 0.3) is 5.91 Å². The minimum atomic E-state index is -3.00. The minimum Gasteiger partial charge on any atom is -0.350 e. The number of benzene rings is 1. The van der Waals surface area contributed by atoms with Crippen LogP contribution in [-0.4, -0.2) is 41.8 Å². The summed E-state index contributed by atoms with van der Waals surface area (Å²) in [5.74, 6) is 0.453. The van der Waals surface area contributed by atoms with E-state index in [1.165, 1.54) is 0 Å². The molecule has 8 heteroatoms. The number of nitrogens with one attached hydrogen (secondary N) is 2. The molecule has 1 fully saturated rings. The van der Waals surface area contributed by atoms with Gasteiger partial charge in [-0.15, -0.1) is 0 Å². The molecule has 3 rings (SSSR count). The van der Waals surface area contributed by atoms with Crippen molar-refractivity contribution in [1.29, 1.82) is 0 Å². The first kappa shape index (κ1) is 19.3. The summed E-state index contributed by atoms with van der Waals surface area (Å²) in [6.07, 6.45) is 0.517. The lowest BCUT2D eigenvalue weighted by atomic mass is 10.0. The maximum atomic E-state index is 12.7. The molecule has 2 N–H and O–H groups in total. The zero-order valence-electron chi connectivity index (χ0n) is 15.7. The number of hydrogen-bond donors (Lipinski definition) is 2. The highest BCUT2D eigenvalue weighted by atomic mass is 32.2. The number of nitrogens with zero attached hydrogens (tertiary/aromatic N) is 2. The number of amides is 1. The largest absolute Gasteiger partial charge is 0.350 e. The highest BCUT2D eigenvalue weighted by molar-refractivity contribution is 7.91. The van der Waals surface area contributed by atoms with Crippen molar-refractivity contribution in [3.63, 3.8) is 0 Å². The smallest absolute Gasteiger partial charge is 0.274 e. The number of anilines is 2. The number of aromatic nitrogens is 2. The van der Waals surface area contributed by atoms with Crippen LogP contribution in [0.3, 0.4) is 0 Å². The predicted octanol–water partition coefficient (Wildman–Crippen LogP) is 2.76. The van der Waals surface area contributed by atoms with E-state index in [0.717, 1.165) is 11.3 Å². The average molecular weight is 388 g/mol. The number of aryl methyl sites for hydroxylation is 1. The van der Waals surface area contributed by atoms with Gasteiger partial charge in [0.2, 0.25) is 5.95 Å². The van der Waals surface area contributed by atoms with E-state index >= 15 is 0 Å². The third kappa shape index (κ3) is 4.82. The van der Waals surface area contributed by atoms with E-state index in [2.05, 4.69) is 34.4 Å². The molecule has 1 aliphatic heterocycles. The lowest BCUT2D eigenvalue weighted by Gasteiger charge is -2.15. The maximum Gasteiger partial charge on any atom is 0.274 e. The fraction of sp³-hybridized carbons (Fsp3) is 0.421. The van der Waals surface area contributed by atoms with Crippen molar-refractivity contribution in [1.82, 2.24) is 9.97 Å². The molecular weight excluding hydrogens is 364 g/mol. The predicted molar refractivity (Wildman–Crippen MR) is 106 cm³/mol. The second kappa shape index (κ2) is 7.64. The SMILES string of the molecule is Cc1cc(C(=O)Nc2ccccc2C(C)C)nc(NC2CCS(=O)(=O)C2)n1. The second-order valence-corrected chi connectivity index (χ2v) is 9.39. The minimum absolute atomic E-state index is 0.0631. The number of hydrogen-bond acceptors (Lipinski definition) is 6. The fourth-order valence-electron chi connectivity index (χ4n) is 3.14. The molecular formula is C19H24N4O3S. The molecule has 144 valence electrons. The maximum absolute atomic E-state index is 12.7. The summed E-state index contributed by atoms with van der Waals surface area (Å²) in [5.41, 5.74) is 2.68. The van der Waals surface area contributed by atoms with Gasteiger partial charge >= 0.3 is 0 Å². The van der Waals surface area contributed by atoms with Crippen molar-refractivity contribution in [2.45, 2.75) is 39.2 Å². The van der Waals surface area contributed by atoms with Crippen LogP contribution in [0.25, 0.3) is 0 Å². The van der Waals surface area contributed by atoms with E-state index in [1.54, 1.807) is 13.0 Å². The summed E-state index contributed by atoms with van der Waals surface area (Å²) in [6, 6.07) is 9.05. The third-order valence-corrected chi connectivity index (χ3v) is 6.25. The van der Waals surface area contributed by atoms with Crippen molar-refractivity contribution in [3.8, 4) is 0 Å². The molecule has 7 nitrogen and oxygen atoms in total. The van der Waals surface area contributed by atoms with Crippen molar-refractivity contribution >= 4 is 27.4 Å². The Hall–Kier alpha value is -2.48. The Balaban J connectivity index is 1.79. The van der Waals surface area contributed by atoms with Crippen LogP contribution in [0.1, 0.15) is 47.9 Å². The molecule has 1 unspecified atom stereocenters. The molecule has 2 heterocycles. The molecule has 1 aromatic carbocycles. The van der Waals surface area contributed by atoms with Gasteiger partial charge in [-0.25, -0.2) is 18.4 Å². The van der Waals surface area contributed by atoms with Crippen LogP contribution in [0.5, 0.6) is 0 Å². The molecule has 1 atom stereocenters. The molecule has 1 amide bonds. The van der Waals surface area contributed by atoms with Gasteiger partial charge in [0.15, 0.2) is 9.84 Å². The Kier molecular flexibility index (Phi) is 5.46. The Labute approximate surface area is 159 Å². The van der Waals surface area contributed by atoms with Gasteiger partial charge in [0, 0.05) is 17.4 Å². The van der Waals surface area contributed by atoms with Gasteiger partial charge < -0.3 is 10.6 Å². The Morgan fingerprint density at radius 1 is 1.22 bits per heavy atom. The molecule has 1 aromatic heterocycles. The van der Waals surface area contributed by atoms with Gasteiger partial charge in [-0.1, -0.05) is 32.0 Å². The van der Waals surface area contributed by atoms with E-state index < -0.39 is 9.84 Å². The van der Waals surface area contributed by atoms with Crippen LogP contribution in [-0.2, 0) is 9.84 Å². The summed E-state index contributed by atoms with van der Waals surface area (Å²) in [7, 11) is -3.00. The first-order chi connectivity index (χ1) is 12.7. The summed E-state index contributed by atoms with van der Waals surface area (Å²) < 4.78 is 23.2. The van der Waals surface area contributed by atoms with Crippen LogP contribution >= 0.6 is 0 Å². The monoisotopic (exact) mass is 388 g/mol. The summed E-state index contributed by atoms with van der Waals surface area (Å²) in [4.78, 5) is 21.3. The lowest BCUT2D eigenvalue weighted by molar-refractivity contribution is 0.102. The molecule has 1 saturated heterocycles. The first-order valence-corrected chi connectivity index (χ1v) is 10.8. The molecule has 2 aromatic rings. The number of sulfone groups is 1. The molecule has 0 spiro atoms. The quantitative estimate of drug-likeness (QED) is 0.817. The van der Waals surface area contributed by atoms with E-state index in [4.69, 9.17) is 0 Å². The Morgan fingerprint density at radius 2 is 1.96 bits per heavy atom. The highest BCUT2D eigenvalue weighted by Gasteiger charge is 2.28. The first-order valence-electron chi connectivity index (χ1n) is 8.96. The van der Waals surface area contributed by atoms with Gasteiger partial charge in [0.1, 0.15) is 5.69 Å². The molecule has 0 saturated carbocycles. The number of rotatable bonds is 5. The topological polar surface area (TPSA) is 101 Å². The highest BCUT2D eigenvalue weighted by Crippen LogP contribution is 2.24. The van der Waals surface area contributed by atoms with Crippen LogP contribution in [0.15, 0.2) is 30.3 Å². The summed E-state index contributed by atoms with van der Waals surface area (Å²) >= 11 is 0. The van der Waals surface area contributed by atoms with Crippen molar-refractivity contribution in [2.24, 2.45) is 0 Å². The number of para-hydroxylation sites is 1. The normalized spacial score (nSPS) is 18.4. The van der Waals surface area contributed by atoms with Crippen molar-refractivity contribution in [2.75, 3.05) is 22.1 Å². The number of carbonyl (C=O) groups is 1. The molecule has 27 heavy (non-hydrogen) atoms. The second-order valence-electron chi connectivity index (χ2n) is 7.16. The van der Waals surface area contributed by atoms with Gasteiger partial charge in [-0.05, 0) is 37.0 Å². The summed E-state index contributed by atoms with van der Waals surface area (Å²) in [5, 5.41) is 5.96. The van der Waals surface area contributed by atoms with E-state index in [-0.39, 0.29) is 41.0 Å². The van der Waals surface area contributed by atoms with Gasteiger partial charge in [-0.2, -0.15) is 0 Å². The van der Waals surface area contributed by atoms with E-state index in [0.29, 0.717) is 12.1 Å². The fourth-order valence-corrected chi connectivity index (χ4v) is 4.81. The molecule has 0 radical (unpaired) electrons. The molecule has 0 bridgehead atoms. The Bertz CT molecular complexity index is 957. The van der Waals surface area contributed by atoms with Gasteiger partial charge in [-0.3, -0.25) is 4.79 Å².